The Morgan fingerprint density at radius 2 is 1.81 bits per heavy atom. The first-order valence-corrected chi connectivity index (χ1v) is 11.7. The Labute approximate surface area is 186 Å². The van der Waals surface area contributed by atoms with E-state index in [4.69, 9.17) is 10.5 Å². The van der Waals surface area contributed by atoms with Crippen molar-refractivity contribution in [3.63, 3.8) is 0 Å². The van der Waals surface area contributed by atoms with Gasteiger partial charge in [0.25, 0.3) is 0 Å². The molecule has 1 aliphatic carbocycles. The molecule has 4 rings (SSSR count). The monoisotopic (exact) mass is 418 g/mol. The number of ether oxygens (including phenoxy) is 1. The van der Waals surface area contributed by atoms with Crippen molar-refractivity contribution in [1.29, 1.82) is 0 Å². The van der Waals surface area contributed by atoms with Crippen molar-refractivity contribution in [2.24, 2.45) is 11.7 Å². The first-order valence-electron chi connectivity index (χ1n) is 11.7. The summed E-state index contributed by atoms with van der Waals surface area (Å²) < 4.78 is 6.07. The fourth-order valence-corrected chi connectivity index (χ4v) is 4.98. The number of hydrogen-bond acceptors (Lipinski definition) is 3. The first kappa shape index (κ1) is 21.6. The number of amides is 1. The molecule has 1 saturated heterocycles. The highest BCUT2D eigenvalue weighted by molar-refractivity contribution is 5.77. The molecule has 1 fully saturated rings. The molecule has 31 heavy (non-hydrogen) atoms. The van der Waals surface area contributed by atoms with E-state index in [9.17, 15) is 4.79 Å². The van der Waals surface area contributed by atoms with Crippen molar-refractivity contribution in [2.75, 3.05) is 26.2 Å². The highest BCUT2D eigenvalue weighted by Crippen LogP contribution is 2.44. The lowest BCUT2D eigenvalue weighted by molar-refractivity contribution is -0.118. The Bertz CT molecular complexity index is 929. The van der Waals surface area contributed by atoms with Gasteiger partial charge in [0, 0.05) is 18.9 Å². The topological polar surface area (TPSA) is 55.6 Å². The largest absolute Gasteiger partial charge is 0.494 e. The first-order chi connectivity index (χ1) is 15.2. The van der Waals surface area contributed by atoms with Crippen LogP contribution in [0.25, 0.3) is 12.2 Å². The molecule has 164 valence electrons. The van der Waals surface area contributed by atoms with Gasteiger partial charge in [0.1, 0.15) is 5.75 Å². The van der Waals surface area contributed by atoms with E-state index in [0.29, 0.717) is 18.3 Å². The molecule has 0 aromatic heterocycles. The average molecular weight is 419 g/mol. The van der Waals surface area contributed by atoms with Gasteiger partial charge in [-0.25, -0.2) is 0 Å². The van der Waals surface area contributed by atoms with E-state index in [0.717, 1.165) is 57.7 Å². The molecule has 0 saturated carbocycles. The predicted molar refractivity (Wildman–Crippen MR) is 127 cm³/mol. The van der Waals surface area contributed by atoms with Crippen LogP contribution in [0.2, 0.25) is 0 Å². The van der Waals surface area contributed by atoms with Crippen LogP contribution in [0.5, 0.6) is 5.75 Å². The number of likely N-dealkylation sites (tertiary alicyclic amines) is 1. The standard InChI is InChI=1S/C27H34N2O2/c1-2-3-18-31-23-11-10-21-9-8-20-6-4-5-7-24(20)27(25(21)19-23)22-12-15-29(16-13-22)17-14-26(28)30/h4-11,19,22,27H,2-3,12-18H2,1H3,(H2,28,30). The zero-order valence-electron chi connectivity index (χ0n) is 18.6. The smallest absolute Gasteiger partial charge is 0.218 e. The fourth-order valence-electron chi connectivity index (χ4n) is 4.98. The lowest BCUT2D eigenvalue weighted by Crippen LogP contribution is -2.37. The van der Waals surface area contributed by atoms with Crippen LogP contribution in [-0.2, 0) is 4.79 Å². The Morgan fingerprint density at radius 1 is 1.06 bits per heavy atom. The molecule has 2 N–H and O–H groups in total. The highest BCUT2D eigenvalue weighted by Gasteiger charge is 2.32. The molecule has 1 heterocycles. The minimum Gasteiger partial charge on any atom is -0.494 e. The maximum absolute atomic E-state index is 11.2. The third-order valence-corrected chi connectivity index (χ3v) is 6.71. The molecular weight excluding hydrogens is 384 g/mol. The van der Waals surface area contributed by atoms with Crippen LogP contribution < -0.4 is 10.5 Å². The van der Waals surface area contributed by atoms with Crippen LogP contribution in [0, 0.1) is 5.92 Å². The molecule has 4 heteroatoms. The number of nitrogens with two attached hydrogens (primary N) is 1. The van der Waals surface area contributed by atoms with E-state index in [1.165, 1.54) is 22.3 Å². The second-order valence-electron chi connectivity index (χ2n) is 8.83. The van der Waals surface area contributed by atoms with Crippen molar-refractivity contribution < 1.29 is 9.53 Å². The molecule has 1 amide bonds. The molecule has 2 aromatic rings. The van der Waals surface area contributed by atoms with Crippen LogP contribution >= 0.6 is 0 Å². The lowest BCUT2D eigenvalue weighted by atomic mass is 9.74. The number of carbonyl (C=O) groups excluding carboxylic acids is 1. The second-order valence-corrected chi connectivity index (χ2v) is 8.83. The van der Waals surface area contributed by atoms with Crippen molar-refractivity contribution in [3.05, 3.63) is 64.7 Å². The quantitative estimate of drug-likeness (QED) is 0.609. The molecule has 2 aromatic carbocycles. The zero-order chi connectivity index (χ0) is 21.6. The average Bonchev–Trinajstić information content (AvgIpc) is 2.95. The summed E-state index contributed by atoms with van der Waals surface area (Å²) >= 11 is 0. The number of rotatable bonds is 8. The highest BCUT2D eigenvalue weighted by atomic mass is 16.5. The summed E-state index contributed by atoms with van der Waals surface area (Å²) in [7, 11) is 0. The molecule has 1 atom stereocenters. The SMILES string of the molecule is CCCCOc1ccc2c(c1)C(C1CCN(CCC(N)=O)CC1)c1ccccc1C=C2. The lowest BCUT2D eigenvalue weighted by Gasteiger charge is -2.37. The van der Waals surface area contributed by atoms with Gasteiger partial charge in [0.15, 0.2) is 0 Å². The number of nitrogens with zero attached hydrogens (tertiary/aromatic N) is 1. The van der Waals surface area contributed by atoms with Gasteiger partial charge in [-0.3, -0.25) is 4.79 Å². The predicted octanol–water partition coefficient (Wildman–Crippen LogP) is 5.07. The molecule has 4 nitrogen and oxygen atoms in total. The minimum absolute atomic E-state index is 0.213. The van der Waals surface area contributed by atoms with E-state index in [1.807, 2.05) is 0 Å². The van der Waals surface area contributed by atoms with Gasteiger partial charge in [-0.15, -0.1) is 0 Å². The number of fused-ring (bicyclic) bond motifs is 2. The molecule has 1 aliphatic heterocycles. The number of piperidine rings is 1. The van der Waals surface area contributed by atoms with E-state index in [2.05, 4.69) is 66.4 Å². The van der Waals surface area contributed by atoms with Crippen LogP contribution in [-0.4, -0.2) is 37.0 Å². The molecule has 0 bridgehead atoms. The second kappa shape index (κ2) is 10.1. The third-order valence-electron chi connectivity index (χ3n) is 6.71. The van der Waals surface area contributed by atoms with Gasteiger partial charge in [-0.2, -0.15) is 0 Å². The van der Waals surface area contributed by atoms with Gasteiger partial charge >= 0.3 is 0 Å². The fraction of sp³-hybridized carbons (Fsp3) is 0.444. The van der Waals surface area contributed by atoms with Crippen LogP contribution in [0.3, 0.4) is 0 Å². The molecule has 2 aliphatic rings. The van der Waals surface area contributed by atoms with E-state index < -0.39 is 0 Å². The van der Waals surface area contributed by atoms with Gasteiger partial charge in [-0.1, -0.05) is 55.8 Å². The van der Waals surface area contributed by atoms with Crippen molar-refractivity contribution in [3.8, 4) is 5.75 Å². The van der Waals surface area contributed by atoms with Gasteiger partial charge in [0.05, 0.1) is 6.61 Å². The molecule has 0 spiro atoms. The van der Waals surface area contributed by atoms with Crippen LogP contribution in [0.15, 0.2) is 42.5 Å². The molecule has 0 radical (unpaired) electrons. The summed E-state index contributed by atoms with van der Waals surface area (Å²) in [5, 5.41) is 0. The number of carbonyl (C=O) groups is 1. The summed E-state index contributed by atoms with van der Waals surface area (Å²) in [6.45, 7) is 5.77. The van der Waals surface area contributed by atoms with Gasteiger partial charge < -0.3 is 15.4 Å². The van der Waals surface area contributed by atoms with E-state index in [1.54, 1.807) is 0 Å². The van der Waals surface area contributed by atoms with Crippen molar-refractivity contribution >= 4 is 18.1 Å². The number of primary amides is 1. The third kappa shape index (κ3) is 5.19. The Kier molecular flexibility index (Phi) is 7.08. The Hall–Kier alpha value is -2.59. The Balaban J connectivity index is 1.61. The van der Waals surface area contributed by atoms with Gasteiger partial charge in [0.2, 0.25) is 5.91 Å². The van der Waals surface area contributed by atoms with E-state index in [-0.39, 0.29) is 5.91 Å². The van der Waals surface area contributed by atoms with Crippen LogP contribution in [0.1, 0.15) is 67.2 Å². The molecule has 1 unspecified atom stereocenters. The number of hydrogen-bond donors (Lipinski definition) is 1. The maximum Gasteiger partial charge on any atom is 0.218 e. The normalized spacial score (nSPS) is 18.8. The maximum atomic E-state index is 11.2. The minimum atomic E-state index is -0.213. The van der Waals surface area contributed by atoms with Crippen molar-refractivity contribution in [1.82, 2.24) is 4.90 Å². The summed E-state index contributed by atoms with van der Waals surface area (Å²) in [6.07, 6.45) is 9.42. The summed E-state index contributed by atoms with van der Waals surface area (Å²) in [6, 6.07) is 15.4. The van der Waals surface area contributed by atoms with Crippen molar-refractivity contribution in [2.45, 2.75) is 44.9 Å². The number of unbranched alkanes of at least 4 members (excludes halogenated alkanes) is 1. The summed E-state index contributed by atoms with van der Waals surface area (Å²) in [5.74, 6) is 1.68. The number of benzene rings is 2. The zero-order valence-corrected chi connectivity index (χ0v) is 18.6. The molecular formula is C27H34N2O2. The Morgan fingerprint density at radius 3 is 2.55 bits per heavy atom. The summed E-state index contributed by atoms with van der Waals surface area (Å²) in [5.41, 5.74) is 10.8. The van der Waals surface area contributed by atoms with E-state index >= 15 is 0 Å². The summed E-state index contributed by atoms with van der Waals surface area (Å²) in [4.78, 5) is 13.6. The van der Waals surface area contributed by atoms with Gasteiger partial charge in [-0.05, 0) is 72.7 Å². The van der Waals surface area contributed by atoms with Crippen LogP contribution in [0.4, 0.5) is 0 Å².